The Morgan fingerprint density at radius 1 is 0.489 bits per heavy atom. The minimum absolute atomic E-state index is 0.750. The van der Waals surface area contributed by atoms with Crippen LogP contribution in [0.4, 0.5) is 0 Å². The fraction of sp³-hybridized carbons (Fsp3) is 1.00. The van der Waals surface area contributed by atoms with Gasteiger partial charge in [0, 0.05) is 0 Å². The first-order chi connectivity index (χ1) is 21.2. The van der Waals surface area contributed by atoms with Gasteiger partial charge in [0.25, 0.3) is 0 Å². The normalized spacial score (nSPS) is 51.7. The Morgan fingerprint density at radius 2 is 1.02 bits per heavy atom. The Balaban J connectivity index is 1.54. The predicted molar refractivity (Wildman–Crippen MR) is 134 cm³/mol. The first-order valence-corrected chi connectivity index (χ1v) is 14.1. The Kier molecular flexibility index (Phi) is 12.8. The van der Waals surface area contributed by atoms with E-state index in [4.69, 9.17) is 33.2 Å². The van der Waals surface area contributed by atoms with Gasteiger partial charge in [-0.2, -0.15) is 0 Å². The topological polar surface area (TPSA) is 348 Å². The number of hydrogen-bond donors (Lipinski definition) is 14. The van der Waals surface area contributed by atoms with Gasteiger partial charge >= 0.3 is 0 Å². The van der Waals surface area contributed by atoms with E-state index in [0.717, 1.165) is 0 Å². The van der Waals surface area contributed by atoms with E-state index in [2.05, 4.69) is 0 Å². The number of rotatable bonds is 11. The molecule has 0 aliphatic carbocycles. The molecule has 0 amide bonds. The van der Waals surface area contributed by atoms with Gasteiger partial charge in [0.2, 0.25) is 0 Å². The molecule has 0 spiro atoms. The molecule has 45 heavy (non-hydrogen) atoms. The molecule has 4 rings (SSSR count). The lowest BCUT2D eigenvalue weighted by molar-refractivity contribution is -0.377. The lowest BCUT2D eigenvalue weighted by Gasteiger charge is -2.47. The van der Waals surface area contributed by atoms with Crippen molar-refractivity contribution in [2.75, 3.05) is 26.4 Å². The van der Waals surface area contributed by atoms with Crippen LogP contribution in [0.15, 0.2) is 0 Å². The summed E-state index contributed by atoms with van der Waals surface area (Å²) in [5.74, 6) is 0. The SMILES string of the molecule is OC[C@@H](O)[C@@H]1O[C@@H](O[C@@H]2[C@H](O)[C@@H](O[C@@H]3[C@@H](O)[C@H](O)[C@@H](CO)O[C@@H]3O)O[C@H](CO[C@@H]3O[C@H](CO)[C@H](O)[C@H](O)[C@H]3O)[C@H]2O)[C@H](O)[C@H]1O. The maximum Gasteiger partial charge on any atom is 0.187 e. The molecule has 4 aliphatic rings. The summed E-state index contributed by atoms with van der Waals surface area (Å²) in [5.41, 5.74) is 0. The van der Waals surface area contributed by atoms with Crippen LogP contribution in [0.25, 0.3) is 0 Å². The molecule has 21 heteroatoms. The molecule has 0 unspecified atom stereocenters. The highest BCUT2D eigenvalue weighted by molar-refractivity contribution is 4.97. The van der Waals surface area contributed by atoms with Crippen LogP contribution in [-0.4, -0.2) is 221 Å². The quantitative estimate of drug-likeness (QED) is 0.0973. The van der Waals surface area contributed by atoms with Gasteiger partial charge in [-0.1, -0.05) is 0 Å². The third-order valence-electron chi connectivity index (χ3n) is 8.16. The average Bonchev–Trinajstić information content (AvgIpc) is 3.31. The van der Waals surface area contributed by atoms with Gasteiger partial charge in [-0.15, -0.1) is 0 Å². The van der Waals surface area contributed by atoms with E-state index < -0.39 is 149 Å². The highest BCUT2D eigenvalue weighted by atomic mass is 16.8. The second-order valence-electron chi connectivity index (χ2n) is 11.2. The summed E-state index contributed by atoms with van der Waals surface area (Å²) < 4.78 is 37.7. The molecule has 0 radical (unpaired) electrons. The standard InChI is InChI=1S/C24H42O21/c25-1-5(28)18-14(34)16(36)23(43-18)44-19-11(31)8(4-39-22-15(35)12(32)9(29)7(3-27)41-22)42-24(17(19)37)45-20-13(33)10(30)6(2-26)40-21(20)38/h5-38H,1-4H2/t5-,6-,7-,8-,9+,10-,11-,12+,13+,14-,15-,16-,17+,18+,19+,20-,21+,22-,23+,24-/m1/s1. The molecule has 4 fully saturated rings. The summed E-state index contributed by atoms with van der Waals surface area (Å²) in [6.07, 6.45) is -35.4. The molecule has 0 saturated carbocycles. The highest BCUT2D eigenvalue weighted by Crippen LogP contribution is 2.33. The minimum atomic E-state index is -2.05. The summed E-state index contributed by atoms with van der Waals surface area (Å²) in [7, 11) is 0. The number of aliphatic hydroxyl groups excluding tert-OH is 14. The monoisotopic (exact) mass is 666 g/mol. The van der Waals surface area contributed by atoms with E-state index in [1.54, 1.807) is 0 Å². The smallest absolute Gasteiger partial charge is 0.187 e. The fourth-order valence-corrected chi connectivity index (χ4v) is 5.44. The summed E-state index contributed by atoms with van der Waals surface area (Å²) in [5, 5.41) is 142. The first-order valence-electron chi connectivity index (χ1n) is 14.1. The van der Waals surface area contributed by atoms with Gasteiger partial charge in [0.1, 0.15) is 97.7 Å². The van der Waals surface area contributed by atoms with Gasteiger partial charge in [0.05, 0.1) is 26.4 Å². The minimum Gasteiger partial charge on any atom is -0.394 e. The Labute approximate surface area is 254 Å². The molecule has 0 bridgehead atoms. The second-order valence-corrected chi connectivity index (χ2v) is 11.2. The summed E-state index contributed by atoms with van der Waals surface area (Å²) in [6.45, 7) is -3.18. The van der Waals surface area contributed by atoms with Crippen LogP contribution in [0.1, 0.15) is 0 Å². The molecule has 4 heterocycles. The number of aliphatic hydroxyl groups is 14. The molecule has 0 aromatic heterocycles. The zero-order valence-electron chi connectivity index (χ0n) is 23.5. The van der Waals surface area contributed by atoms with Gasteiger partial charge in [-0.05, 0) is 0 Å². The van der Waals surface area contributed by atoms with Crippen LogP contribution >= 0.6 is 0 Å². The van der Waals surface area contributed by atoms with E-state index >= 15 is 0 Å². The molecular formula is C24H42O21. The van der Waals surface area contributed by atoms with Crippen molar-refractivity contribution in [2.24, 2.45) is 0 Å². The number of ether oxygens (including phenoxy) is 7. The first kappa shape index (κ1) is 37.0. The molecule has 0 aromatic rings. The van der Waals surface area contributed by atoms with Crippen molar-refractivity contribution in [3.63, 3.8) is 0 Å². The van der Waals surface area contributed by atoms with Crippen LogP contribution < -0.4 is 0 Å². The van der Waals surface area contributed by atoms with Crippen LogP contribution in [0.3, 0.4) is 0 Å². The zero-order chi connectivity index (χ0) is 33.3. The average molecular weight is 667 g/mol. The largest absolute Gasteiger partial charge is 0.394 e. The van der Waals surface area contributed by atoms with Crippen LogP contribution in [0.5, 0.6) is 0 Å². The van der Waals surface area contributed by atoms with Gasteiger partial charge < -0.3 is 105 Å². The van der Waals surface area contributed by atoms with Crippen LogP contribution in [-0.2, 0) is 33.2 Å². The molecule has 0 aromatic carbocycles. The third kappa shape index (κ3) is 7.59. The molecule has 14 N–H and O–H groups in total. The Bertz CT molecular complexity index is 916. The van der Waals surface area contributed by atoms with E-state index in [0.29, 0.717) is 0 Å². The highest BCUT2D eigenvalue weighted by Gasteiger charge is 2.55. The van der Waals surface area contributed by atoms with Crippen LogP contribution in [0.2, 0.25) is 0 Å². The maximum absolute atomic E-state index is 11.1. The van der Waals surface area contributed by atoms with Crippen LogP contribution in [0, 0.1) is 0 Å². The molecule has 4 aliphatic heterocycles. The molecule has 20 atom stereocenters. The molecule has 264 valence electrons. The lowest BCUT2D eigenvalue weighted by Crippen LogP contribution is -2.65. The Hall–Kier alpha value is -0.840. The van der Waals surface area contributed by atoms with Crippen molar-refractivity contribution in [3.05, 3.63) is 0 Å². The van der Waals surface area contributed by atoms with Crippen molar-refractivity contribution in [1.82, 2.24) is 0 Å². The van der Waals surface area contributed by atoms with Gasteiger partial charge in [0.15, 0.2) is 25.2 Å². The molecule has 4 saturated heterocycles. The van der Waals surface area contributed by atoms with E-state index in [9.17, 15) is 71.5 Å². The predicted octanol–water partition coefficient (Wildman–Crippen LogP) is -9.75. The van der Waals surface area contributed by atoms with E-state index in [-0.39, 0.29) is 0 Å². The molecule has 21 nitrogen and oxygen atoms in total. The molecular weight excluding hydrogens is 624 g/mol. The summed E-state index contributed by atoms with van der Waals surface area (Å²) >= 11 is 0. The maximum atomic E-state index is 11.1. The van der Waals surface area contributed by atoms with Crippen molar-refractivity contribution in [3.8, 4) is 0 Å². The Morgan fingerprint density at radius 3 is 1.64 bits per heavy atom. The van der Waals surface area contributed by atoms with Crippen molar-refractivity contribution >= 4 is 0 Å². The van der Waals surface area contributed by atoms with Crippen molar-refractivity contribution in [1.29, 1.82) is 0 Å². The van der Waals surface area contributed by atoms with E-state index in [1.807, 2.05) is 0 Å². The second kappa shape index (κ2) is 15.6. The van der Waals surface area contributed by atoms with Crippen molar-refractivity contribution < 1.29 is 105 Å². The van der Waals surface area contributed by atoms with E-state index in [1.165, 1.54) is 0 Å². The summed E-state index contributed by atoms with van der Waals surface area (Å²) in [6, 6.07) is 0. The zero-order valence-corrected chi connectivity index (χ0v) is 23.5. The fourth-order valence-electron chi connectivity index (χ4n) is 5.44. The van der Waals surface area contributed by atoms with Gasteiger partial charge in [-0.3, -0.25) is 0 Å². The van der Waals surface area contributed by atoms with Gasteiger partial charge in [-0.25, -0.2) is 0 Å². The number of hydrogen-bond acceptors (Lipinski definition) is 21. The summed E-state index contributed by atoms with van der Waals surface area (Å²) in [4.78, 5) is 0. The lowest BCUT2D eigenvalue weighted by atomic mass is 9.97. The van der Waals surface area contributed by atoms with Crippen molar-refractivity contribution in [2.45, 2.75) is 123 Å². The third-order valence-corrected chi connectivity index (χ3v) is 8.16.